The van der Waals surface area contributed by atoms with E-state index in [4.69, 9.17) is 26.2 Å². The molecule has 1 saturated carbocycles. The summed E-state index contributed by atoms with van der Waals surface area (Å²) in [6.07, 6.45) is -1.59. The monoisotopic (exact) mass is 225 g/mol. The lowest BCUT2D eigenvalue weighted by Gasteiger charge is -2.46. The van der Waals surface area contributed by atoms with Gasteiger partial charge in [-0.15, -0.1) is 0 Å². The first-order chi connectivity index (χ1) is 6.51. The summed E-state index contributed by atoms with van der Waals surface area (Å²) >= 11 is 0. The Morgan fingerprint density at radius 1 is 1.13 bits per heavy atom. The van der Waals surface area contributed by atoms with E-state index in [2.05, 4.69) is 6.58 Å². The van der Waals surface area contributed by atoms with E-state index in [1.807, 2.05) is 0 Å². The highest BCUT2D eigenvalue weighted by Gasteiger charge is 2.69. The van der Waals surface area contributed by atoms with E-state index in [9.17, 15) is 8.78 Å². The first-order valence-electron chi connectivity index (χ1n) is 4.23. The van der Waals surface area contributed by atoms with Crippen LogP contribution in [-0.2, 0) is 0 Å². The van der Waals surface area contributed by atoms with E-state index in [-0.39, 0.29) is 5.70 Å². The van der Waals surface area contributed by atoms with Crippen LogP contribution in [0.2, 0.25) is 0 Å². The van der Waals surface area contributed by atoms with E-state index in [1.54, 1.807) is 0 Å². The van der Waals surface area contributed by atoms with Gasteiger partial charge in [0, 0.05) is 24.5 Å². The van der Waals surface area contributed by atoms with Crippen molar-refractivity contribution in [1.29, 1.82) is 0 Å². The van der Waals surface area contributed by atoms with Crippen LogP contribution in [0.25, 0.3) is 0 Å². The summed E-state index contributed by atoms with van der Waals surface area (Å²) in [5.74, 6) is -12.5. The van der Waals surface area contributed by atoms with Gasteiger partial charge in [0.05, 0.1) is 0 Å². The van der Waals surface area contributed by atoms with Crippen LogP contribution in [0, 0.1) is 5.92 Å². The highest BCUT2D eigenvalue weighted by molar-refractivity contribution is 5.09. The van der Waals surface area contributed by atoms with Crippen LogP contribution in [0.5, 0.6) is 0 Å². The molecule has 0 radical (unpaired) electrons. The Morgan fingerprint density at radius 3 is 1.73 bits per heavy atom. The van der Waals surface area contributed by atoms with Crippen LogP contribution in [0.15, 0.2) is 12.3 Å². The van der Waals surface area contributed by atoms with Crippen molar-refractivity contribution in [2.45, 2.75) is 30.3 Å². The van der Waals surface area contributed by atoms with Crippen LogP contribution < -0.4 is 5.73 Å². The maximum Gasteiger partial charge on any atom is 0.352 e. The molecule has 0 atom stereocenters. The Morgan fingerprint density at radius 2 is 1.47 bits per heavy atom. The fourth-order valence-electron chi connectivity index (χ4n) is 1.60. The number of rotatable bonds is 1. The Labute approximate surface area is 84.4 Å². The number of alkyl halides is 2. The normalized spacial score (nSPS) is 28.7. The van der Waals surface area contributed by atoms with Gasteiger partial charge in [0.25, 0.3) is 0 Å². The van der Waals surface area contributed by atoms with Crippen molar-refractivity contribution in [3.8, 4) is 0 Å². The summed E-state index contributed by atoms with van der Waals surface area (Å²) in [6.45, 7) is 3.25. The van der Waals surface area contributed by atoms with E-state index in [0.29, 0.717) is 0 Å². The molecule has 0 aromatic heterocycles. The molecule has 0 bridgehead atoms. The average Bonchev–Trinajstić information content (AvgIpc) is 1.99. The molecule has 5 nitrogen and oxygen atoms in total. The lowest BCUT2D eigenvalue weighted by molar-refractivity contribution is -0.421. The second-order valence-corrected chi connectivity index (χ2v) is 3.89. The van der Waals surface area contributed by atoms with E-state index >= 15 is 0 Å². The zero-order chi connectivity index (χ0) is 12.1. The maximum absolute atomic E-state index is 13.1. The Hall–Kier alpha value is -0.760. The van der Waals surface area contributed by atoms with Gasteiger partial charge in [-0.1, -0.05) is 6.58 Å². The van der Waals surface area contributed by atoms with E-state index in [1.165, 1.54) is 0 Å². The third kappa shape index (κ3) is 1.71. The van der Waals surface area contributed by atoms with Crippen molar-refractivity contribution in [2.75, 3.05) is 0 Å². The Balaban J connectivity index is 3.07. The van der Waals surface area contributed by atoms with Gasteiger partial charge < -0.3 is 26.2 Å². The molecule has 6 N–H and O–H groups in total. The van der Waals surface area contributed by atoms with Gasteiger partial charge >= 0.3 is 5.92 Å². The lowest BCUT2D eigenvalue weighted by Crippen LogP contribution is -2.67. The molecule has 0 aliphatic heterocycles. The molecule has 1 aliphatic rings. The lowest BCUT2D eigenvalue weighted by atomic mass is 9.77. The van der Waals surface area contributed by atoms with Gasteiger partial charge in [-0.3, -0.25) is 0 Å². The van der Waals surface area contributed by atoms with E-state index < -0.39 is 36.3 Å². The third-order valence-electron chi connectivity index (χ3n) is 2.59. The van der Waals surface area contributed by atoms with Crippen molar-refractivity contribution in [2.24, 2.45) is 11.7 Å². The molecule has 88 valence electrons. The van der Waals surface area contributed by atoms with Gasteiger partial charge in [-0.05, 0) is 0 Å². The number of halogens is 2. The second-order valence-electron chi connectivity index (χ2n) is 3.89. The topological polar surface area (TPSA) is 107 Å². The minimum atomic E-state index is -4.44. The molecule has 1 aliphatic carbocycles. The smallest absolute Gasteiger partial charge is 0.352 e. The van der Waals surface area contributed by atoms with Crippen LogP contribution in [0.3, 0.4) is 0 Å². The molecule has 0 spiro atoms. The number of nitrogens with two attached hydrogens (primary N) is 1. The number of allylic oxidation sites excluding steroid dienone is 1. The van der Waals surface area contributed by atoms with Gasteiger partial charge in [0.15, 0.2) is 0 Å². The van der Waals surface area contributed by atoms with E-state index in [0.717, 1.165) is 0 Å². The van der Waals surface area contributed by atoms with Crippen LogP contribution in [-0.4, -0.2) is 37.9 Å². The van der Waals surface area contributed by atoms with Crippen LogP contribution in [0.1, 0.15) is 12.8 Å². The molecule has 7 heteroatoms. The van der Waals surface area contributed by atoms with Crippen LogP contribution in [0.4, 0.5) is 8.78 Å². The molecule has 0 heterocycles. The van der Waals surface area contributed by atoms with Crippen molar-refractivity contribution in [3.63, 3.8) is 0 Å². The molecule has 0 saturated heterocycles. The summed E-state index contributed by atoms with van der Waals surface area (Å²) in [6, 6.07) is 0. The Bertz CT molecular complexity index is 270. The molecule has 0 unspecified atom stereocenters. The summed E-state index contributed by atoms with van der Waals surface area (Å²) in [5.41, 5.74) is 5.11. The average molecular weight is 225 g/mol. The predicted molar refractivity (Wildman–Crippen MR) is 45.3 cm³/mol. The number of hydrogen-bond acceptors (Lipinski definition) is 5. The first-order valence-corrected chi connectivity index (χ1v) is 4.23. The van der Waals surface area contributed by atoms with Crippen LogP contribution >= 0.6 is 0 Å². The maximum atomic E-state index is 13.1. The predicted octanol–water partition coefficient (Wildman–Crippen LogP) is -1.13. The van der Waals surface area contributed by atoms with Crippen molar-refractivity contribution >= 4 is 0 Å². The molecule has 0 aromatic rings. The highest BCUT2D eigenvalue weighted by atomic mass is 19.3. The molecular weight excluding hydrogens is 212 g/mol. The Kier molecular flexibility index (Phi) is 2.56. The second kappa shape index (κ2) is 3.11. The zero-order valence-corrected chi connectivity index (χ0v) is 7.82. The SMILES string of the molecule is C=C(N)C1CC(O)(O)C(F)(F)C(O)(O)C1. The number of aliphatic hydroxyl groups is 4. The van der Waals surface area contributed by atoms with Gasteiger partial charge in [-0.25, -0.2) is 0 Å². The molecular formula is C8H13F2NO4. The largest absolute Gasteiger partial charge is 0.402 e. The van der Waals surface area contributed by atoms with Gasteiger partial charge in [-0.2, -0.15) is 8.78 Å². The van der Waals surface area contributed by atoms with Gasteiger partial charge in [0.2, 0.25) is 11.6 Å². The number of hydrogen-bond donors (Lipinski definition) is 5. The summed E-state index contributed by atoms with van der Waals surface area (Å²) in [5, 5.41) is 36.2. The minimum absolute atomic E-state index is 0.106. The van der Waals surface area contributed by atoms with Crippen molar-refractivity contribution in [3.05, 3.63) is 12.3 Å². The first kappa shape index (κ1) is 12.3. The minimum Gasteiger partial charge on any atom is -0.402 e. The molecule has 15 heavy (non-hydrogen) atoms. The highest BCUT2D eigenvalue weighted by Crippen LogP contribution is 2.48. The molecule has 1 rings (SSSR count). The van der Waals surface area contributed by atoms with Gasteiger partial charge in [0.1, 0.15) is 0 Å². The third-order valence-corrected chi connectivity index (χ3v) is 2.59. The summed E-state index contributed by atoms with van der Waals surface area (Å²) in [4.78, 5) is 0. The quantitative estimate of drug-likeness (QED) is 0.363. The zero-order valence-electron chi connectivity index (χ0n) is 7.82. The fourth-order valence-corrected chi connectivity index (χ4v) is 1.60. The molecule has 1 fully saturated rings. The molecule has 0 amide bonds. The molecule has 0 aromatic carbocycles. The fraction of sp³-hybridized carbons (Fsp3) is 0.750. The summed E-state index contributed by atoms with van der Waals surface area (Å²) < 4.78 is 26.3. The van der Waals surface area contributed by atoms with Crippen molar-refractivity contribution < 1.29 is 29.2 Å². The summed E-state index contributed by atoms with van der Waals surface area (Å²) in [7, 11) is 0. The standard InChI is InChI=1S/C8H13F2NO4/c1-4(11)5-2-6(12,13)8(9,10)7(14,15)3-5/h5,12-15H,1-3,11H2. The van der Waals surface area contributed by atoms with Crippen molar-refractivity contribution in [1.82, 2.24) is 0 Å².